The van der Waals surface area contributed by atoms with Crippen molar-refractivity contribution in [2.75, 3.05) is 0 Å². The number of aryl methyl sites for hydroxylation is 1. The smallest absolute Gasteiger partial charge is 0.399 e. The summed E-state index contributed by atoms with van der Waals surface area (Å²) in [6.45, 7) is 8.47. The Morgan fingerprint density at radius 3 is 2.52 bits per heavy atom. The molecule has 3 aliphatic rings. The standard InChI is InChI=1S/C20H27BO2/c1-19(2)20(3,4)23-21(22-19)16-12-11-15-8-5-7-14-9-6-10-17(14)18(15)13-16/h10-14H,5-9H2,1-4H3. The minimum absolute atomic E-state index is 0.256. The summed E-state index contributed by atoms with van der Waals surface area (Å²) in [6.07, 6.45) is 8.88. The average molecular weight is 310 g/mol. The van der Waals surface area contributed by atoms with Gasteiger partial charge in [0.1, 0.15) is 0 Å². The fourth-order valence-corrected chi connectivity index (χ4v) is 4.14. The molecule has 1 heterocycles. The van der Waals surface area contributed by atoms with E-state index in [0.29, 0.717) is 0 Å². The van der Waals surface area contributed by atoms with Crippen LogP contribution in [0.4, 0.5) is 0 Å². The average Bonchev–Trinajstić information content (AvgIpc) is 2.97. The molecular formula is C20H27BO2. The highest BCUT2D eigenvalue weighted by Gasteiger charge is 2.51. The molecule has 122 valence electrons. The third-order valence-electron chi connectivity index (χ3n) is 6.29. The minimum atomic E-state index is -0.278. The van der Waals surface area contributed by atoms with E-state index in [4.69, 9.17) is 9.31 Å². The van der Waals surface area contributed by atoms with Crippen LogP contribution in [0.3, 0.4) is 0 Å². The molecule has 1 unspecified atom stereocenters. The zero-order valence-corrected chi connectivity index (χ0v) is 14.8. The summed E-state index contributed by atoms with van der Waals surface area (Å²) in [6, 6.07) is 6.85. The van der Waals surface area contributed by atoms with E-state index in [2.05, 4.69) is 52.0 Å². The van der Waals surface area contributed by atoms with E-state index in [0.717, 1.165) is 11.4 Å². The normalized spacial score (nSPS) is 28.1. The topological polar surface area (TPSA) is 18.5 Å². The van der Waals surface area contributed by atoms with E-state index in [1.807, 2.05) is 0 Å². The van der Waals surface area contributed by atoms with Gasteiger partial charge in [0, 0.05) is 0 Å². The Balaban J connectivity index is 1.71. The van der Waals surface area contributed by atoms with E-state index in [9.17, 15) is 0 Å². The summed E-state index contributed by atoms with van der Waals surface area (Å²) in [5.74, 6) is 0.768. The van der Waals surface area contributed by atoms with Crippen LogP contribution in [0.2, 0.25) is 0 Å². The van der Waals surface area contributed by atoms with Crippen molar-refractivity contribution in [3.8, 4) is 0 Å². The SMILES string of the molecule is CC1(C)OB(c2ccc3c(c2)C2=CCCC2CCC3)OC1(C)C. The van der Waals surface area contributed by atoms with Crippen molar-refractivity contribution in [1.82, 2.24) is 0 Å². The van der Waals surface area contributed by atoms with Crippen LogP contribution in [-0.2, 0) is 15.7 Å². The fraction of sp³-hybridized carbons (Fsp3) is 0.600. The molecule has 0 bridgehead atoms. The molecule has 1 atom stereocenters. The van der Waals surface area contributed by atoms with Gasteiger partial charge < -0.3 is 9.31 Å². The molecule has 0 radical (unpaired) electrons. The van der Waals surface area contributed by atoms with Crippen LogP contribution in [0, 0.1) is 5.92 Å². The molecule has 4 rings (SSSR count). The second-order valence-corrected chi connectivity index (χ2v) is 8.33. The van der Waals surface area contributed by atoms with Gasteiger partial charge >= 0.3 is 7.12 Å². The third-order valence-corrected chi connectivity index (χ3v) is 6.29. The third kappa shape index (κ3) is 2.49. The molecular weight excluding hydrogens is 283 g/mol. The van der Waals surface area contributed by atoms with E-state index in [1.165, 1.54) is 43.2 Å². The Hall–Kier alpha value is -1.06. The van der Waals surface area contributed by atoms with Crippen molar-refractivity contribution in [1.29, 1.82) is 0 Å². The van der Waals surface area contributed by atoms with Crippen LogP contribution in [0.25, 0.3) is 5.57 Å². The van der Waals surface area contributed by atoms with Gasteiger partial charge in [-0.3, -0.25) is 0 Å². The molecule has 23 heavy (non-hydrogen) atoms. The van der Waals surface area contributed by atoms with Gasteiger partial charge in [0.15, 0.2) is 0 Å². The van der Waals surface area contributed by atoms with Crippen LogP contribution < -0.4 is 5.46 Å². The largest absolute Gasteiger partial charge is 0.494 e. The van der Waals surface area contributed by atoms with Crippen molar-refractivity contribution < 1.29 is 9.31 Å². The maximum atomic E-state index is 6.24. The van der Waals surface area contributed by atoms with Crippen LogP contribution >= 0.6 is 0 Å². The number of hydrogen-bond acceptors (Lipinski definition) is 2. The van der Waals surface area contributed by atoms with Crippen LogP contribution in [0.15, 0.2) is 24.3 Å². The molecule has 1 aliphatic heterocycles. The number of fused-ring (bicyclic) bond motifs is 3. The van der Waals surface area contributed by atoms with Gasteiger partial charge in [-0.25, -0.2) is 0 Å². The number of hydrogen-bond donors (Lipinski definition) is 0. The zero-order valence-electron chi connectivity index (χ0n) is 14.8. The lowest BCUT2D eigenvalue weighted by atomic mass is 9.76. The van der Waals surface area contributed by atoms with Gasteiger partial charge in [0.2, 0.25) is 0 Å². The Morgan fingerprint density at radius 2 is 1.78 bits per heavy atom. The second kappa shape index (κ2) is 5.22. The fourth-order valence-electron chi connectivity index (χ4n) is 4.14. The highest BCUT2D eigenvalue weighted by atomic mass is 16.7. The van der Waals surface area contributed by atoms with Crippen molar-refractivity contribution in [2.45, 2.75) is 71.0 Å². The molecule has 1 aromatic carbocycles. The molecule has 0 aromatic heterocycles. The lowest BCUT2D eigenvalue weighted by molar-refractivity contribution is 0.00578. The molecule has 3 heteroatoms. The predicted molar refractivity (Wildman–Crippen MR) is 95.8 cm³/mol. The summed E-state index contributed by atoms with van der Waals surface area (Å²) in [5.41, 5.74) is 5.14. The van der Waals surface area contributed by atoms with Crippen LogP contribution in [0.1, 0.15) is 64.5 Å². The van der Waals surface area contributed by atoms with E-state index in [-0.39, 0.29) is 18.3 Å². The highest BCUT2D eigenvalue weighted by molar-refractivity contribution is 6.62. The van der Waals surface area contributed by atoms with Gasteiger partial charge in [0.25, 0.3) is 0 Å². The summed E-state index contributed by atoms with van der Waals surface area (Å²) in [5, 5.41) is 0. The molecule has 1 fully saturated rings. The van der Waals surface area contributed by atoms with Gasteiger partial charge in [0.05, 0.1) is 11.2 Å². The molecule has 2 aliphatic carbocycles. The summed E-state index contributed by atoms with van der Waals surface area (Å²) < 4.78 is 12.5. The first-order valence-electron chi connectivity index (χ1n) is 9.06. The van der Waals surface area contributed by atoms with E-state index in [1.54, 1.807) is 5.57 Å². The first-order valence-corrected chi connectivity index (χ1v) is 9.06. The number of benzene rings is 1. The Bertz CT molecular complexity index is 644. The Kier molecular flexibility index (Phi) is 3.51. The minimum Gasteiger partial charge on any atom is -0.399 e. The first-order chi connectivity index (χ1) is 10.9. The van der Waals surface area contributed by atoms with E-state index < -0.39 is 0 Å². The zero-order chi connectivity index (χ0) is 16.2. The van der Waals surface area contributed by atoms with E-state index >= 15 is 0 Å². The predicted octanol–water partition coefficient (Wildman–Crippen LogP) is 4.12. The summed E-state index contributed by atoms with van der Waals surface area (Å²) in [4.78, 5) is 0. The van der Waals surface area contributed by atoms with Crippen LogP contribution in [-0.4, -0.2) is 18.3 Å². The number of rotatable bonds is 1. The second-order valence-electron chi connectivity index (χ2n) is 8.33. The molecule has 0 amide bonds. The van der Waals surface area contributed by atoms with Gasteiger partial charge in [-0.2, -0.15) is 0 Å². The lowest BCUT2D eigenvalue weighted by Crippen LogP contribution is -2.41. The maximum absolute atomic E-state index is 6.24. The Labute approximate surface area is 140 Å². The van der Waals surface area contributed by atoms with Gasteiger partial charge in [-0.05, 0) is 87.9 Å². The monoisotopic (exact) mass is 310 g/mol. The first kappa shape index (κ1) is 15.5. The molecule has 2 nitrogen and oxygen atoms in total. The van der Waals surface area contributed by atoms with Crippen molar-refractivity contribution in [3.63, 3.8) is 0 Å². The van der Waals surface area contributed by atoms with Gasteiger partial charge in [-0.1, -0.05) is 24.3 Å². The molecule has 0 spiro atoms. The molecule has 1 aromatic rings. The molecule has 1 saturated heterocycles. The summed E-state index contributed by atoms with van der Waals surface area (Å²) in [7, 11) is -0.256. The quantitative estimate of drug-likeness (QED) is 0.727. The van der Waals surface area contributed by atoms with Gasteiger partial charge in [-0.15, -0.1) is 0 Å². The van der Waals surface area contributed by atoms with Crippen LogP contribution in [0.5, 0.6) is 0 Å². The molecule has 0 saturated carbocycles. The summed E-state index contributed by atoms with van der Waals surface area (Å²) >= 11 is 0. The van der Waals surface area contributed by atoms with Crippen molar-refractivity contribution in [3.05, 3.63) is 35.4 Å². The lowest BCUT2D eigenvalue weighted by Gasteiger charge is -2.32. The number of allylic oxidation sites excluding steroid dienone is 2. The maximum Gasteiger partial charge on any atom is 0.494 e. The van der Waals surface area contributed by atoms with Crippen molar-refractivity contribution >= 4 is 18.2 Å². The Morgan fingerprint density at radius 1 is 1.04 bits per heavy atom. The highest BCUT2D eigenvalue weighted by Crippen LogP contribution is 2.41. The van der Waals surface area contributed by atoms with Crippen molar-refractivity contribution in [2.24, 2.45) is 5.92 Å². The molecule has 0 N–H and O–H groups in total.